The van der Waals surface area contributed by atoms with Crippen LogP contribution in [0.3, 0.4) is 0 Å². The van der Waals surface area contributed by atoms with Crippen molar-refractivity contribution in [2.24, 2.45) is 0 Å². The molecule has 0 bridgehead atoms. The van der Waals surface area contributed by atoms with Crippen LogP contribution >= 0.6 is 11.6 Å². The lowest BCUT2D eigenvalue weighted by molar-refractivity contribution is -0.117. The molecule has 6 heteroatoms. The summed E-state index contributed by atoms with van der Waals surface area (Å²) in [6.45, 7) is 6.43. The number of carbonyl (C=O) groups is 1. The average molecular weight is 388 g/mol. The molecule has 0 atom stereocenters. The zero-order valence-electron chi connectivity index (χ0n) is 15.7. The Bertz CT molecular complexity index is 761. The second-order valence-corrected chi connectivity index (χ2v) is 7.01. The van der Waals surface area contributed by atoms with Crippen LogP contribution in [0.2, 0.25) is 5.02 Å². The molecule has 1 saturated heterocycles. The van der Waals surface area contributed by atoms with Crippen LogP contribution in [-0.4, -0.2) is 50.1 Å². The molecule has 0 aliphatic carbocycles. The molecule has 1 aliphatic rings. The van der Waals surface area contributed by atoms with Gasteiger partial charge in [-0.25, -0.2) is 0 Å². The summed E-state index contributed by atoms with van der Waals surface area (Å²) in [4.78, 5) is 16.9. The van der Waals surface area contributed by atoms with E-state index < -0.39 is 0 Å². The highest BCUT2D eigenvalue weighted by molar-refractivity contribution is 6.33. The van der Waals surface area contributed by atoms with E-state index in [1.807, 2.05) is 48.5 Å². The van der Waals surface area contributed by atoms with Crippen LogP contribution in [0.1, 0.15) is 13.3 Å². The topological polar surface area (TPSA) is 44.8 Å². The summed E-state index contributed by atoms with van der Waals surface area (Å²) in [5.74, 6) is 0.699. The fourth-order valence-electron chi connectivity index (χ4n) is 3.16. The molecule has 2 aromatic rings. The number of amides is 1. The lowest BCUT2D eigenvalue weighted by Crippen LogP contribution is -2.48. The van der Waals surface area contributed by atoms with E-state index in [1.54, 1.807) is 0 Å². The molecule has 5 nitrogen and oxygen atoms in total. The molecule has 0 radical (unpaired) electrons. The second kappa shape index (κ2) is 9.62. The minimum absolute atomic E-state index is 0.0197. The molecule has 1 heterocycles. The normalized spacial score (nSPS) is 14.8. The van der Waals surface area contributed by atoms with Crippen LogP contribution in [-0.2, 0) is 4.79 Å². The van der Waals surface area contributed by atoms with Crippen molar-refractivity contribution >= 4 is 28.9 Å². The van der Waals surface area contributed by atoms with Crippen molar-refractivity contribution in [2.75, 3.05) is 49.5 Å². The van der Waals surface area contributed by atoms with Crippen molar-refractivity contribution < 1.29 is 9.53 Å². The molecule has 0 aromatic heterocycles. The largest absolute Gasteiger partial charge is 0.491 e. The van der Waals surface area contributed by atoms with E-state index in [4.69, 9.17) is 16.3 Å². The van der Waals surface area contributed by atoms with Crippen LogP contribution in [0.15, 0.2) is 48.5 Å². The number of nitrogens with zero attached hydrogens (tertiary/aromatic N) is 2. The Kier molecular flexibility index (Phi) is 6.96. The van der Waals surface area contributed by atoms with Crippen molar-refractivity contribution in [2.45, 2.75) is 13.3 Å². The SMILES string of the molecule is CCCOc1ccccc1NC(=O)CN1CCN(c2ccccc2Cl)CC1. The van der Waals surface area contributed by atoms with Crippen LogP contribution < -0.4 is 15.0 Å². The minimum atomic E-state index is -0.0197. The summed E-state index contributed by atoms with van der Waals surface area (Å²) in [7, 11) is 0. The molecule has 2 aromatic carbocycles. The lowest BCUT2D eigenvalue weighted by Gasteiger charge is -2.36. The zero-order chi connectivity index (χ0) is 19.1. The number of benzene rings is 2. The van der Waals surface area contributed by atoms with Gasteiger partial charge < -0.3 is 15.0 Å². The summed E-state index contributed by atoms with van der Waals surface area (Å²) in [6, 6.07) is 15.5. The first-order valence-electron chi connectivity index (χ1n) is 9.41. The van der Waals surface area contributed by atoms with Crippen molar-refractivity contribution in [3.05, 3.63) is 53.6 Å². The maximum Gasteiger partial charge on any atom is 0.238 e. The number of nitrogens with one attached hydrogen (secondary N) is 1. The van der Waals surface area contributed by atoms with Gasteiger partial charge in [-0.15, -0.1) is 0 Å². The van der Waals surface area contributed by atoms with E-state index in [-0.39, 0.29) is 5.91 Å². The molecule has 0 unspecified atom stereocenters. The highest BCUT2D eigenvalue weighted by Gasteiger charge is 2.20. The average Bonchev–Trinajstić information content (AvgIpc) is 2.68. The molecule has 0 spiro atoms. The van der Waals surface area contributed by atoms with Crippen LogP contribution in [0.5, 0.6) is 5.75 Å². The molecule has 1 fully saturated rings. The Morgan fingerprint density at radius 1 is 1.07 bits per heavy atom. The quantitative estimate of drug-likeness (QED) is 0.782. The molecule has 1 amide bonds. The number of anilines is 2. The van der Waals surface area contributed by atoms with Gasteiger partial charge in [-0.05, 0) is 30.7 Å². The summed E-state index contributed by atoms with van der Waals surface area (Å²) in [5, 5.41) is 3.75. The number of hydrogen-bond acceptors (Lipinski definition) is 4. The highest BCUT2D eigenvalue weighted by Crippen LogP contribution is 2.26. The van der Waals surface area contributed by atoms with Crippen molar-refractivity contribution in [1.82, 2.24) is 4.90 Å². The van der Waals surface area contributed by atoms with E-state index in [9.17, 15) is 4.79 Å². The molecular formula is C21H26ClN3O2. The highest BCUT2D eigenvalue weighted by atomic mass is 35.5. The van der Waals surface area contributed by atoms with E-state index in [2.05, 4.69) is 22.0 Å². The summed E-state index contributed by atoms with van der Waals surface area (Å²) in [6.07, 6.45) is 0.929. The van der Waals surface area contributed by atoms with Gasteiger partial charge in [0.15, 0.2) is 0 Å². The first-order valence-corrected chi connectivity index (χ1v) is 9.78. The maximum atomic E-state index is 12.5. The fraction of sp³-hybridized carbons (Fsp3) is 0.381. The Morgan fingerprint density at radius 2 is 1.78 bits per heavy atom. The van der Waals surface area contributed by atoms with Crippen molar-refractivity contribution in [1.29, 1.82) is 0 Å². The Balaban J connectivity index is 1.51. The first-order chi connectivity index (χ1) is 13.2. The van der Waals surface area contributed by atoms with Gasteiger partial charge in [0.1, 0.15) is 5.75 Å². The van der Waals surface area contributed by atoms with Crippen molar-refractivity contribution in [3.63, 3.8) is 0 Å². The minimum Gasteiger partial charge on any atom is -0.491 e. The Morgan fingerprint density at radius 3 is 2.52 bits per heavy atom. The van der Waals surface area contributed by atoms with Gasteiger partial charge in [-0.1, -0.05) is 42.8 Å². The third kappa shape index (κ3) is 5.37. The third-order valence-corrected chi connectivity index (χ3v) is 4.88. The molecular weight excluding hydrogens is 362 g/mol. The molecule has 27 heavy (non-hydrogen) atoms. The molecule has 1 N–H and O–H groups in total. The predicted octanol–water partition coefficient (Wildman–Crippen LogP) is 3.89. The van der Waals surface area contributed by atoms with Crippen LogP contribution in [0.25, 0.3) is 0 Å². The van der Waals surface area contributed by atoms with Crippen LogP contribution in [0, 0.1) is 0 Å². The van der Waals surface area contributed by atoms with Gasteiger partial charge in [-0.2, -0.15) is 0 Å². The number of carbonyl (C=O) groups excluding carboxylic acids is 1. The zero-order valence-corrected chi connectivity index (χ0v) is 16.4. The number of rotatable bonds is 7. The molecule has 144 valence electrons. The summed E-state index contributed by atoms with van der Waals surface area (Å²) < 4.78 is 5.70. The van der Waals surface area contributed by atoms with E-state index in [1.165, 1.54) is 0 Å². The number of para-hydroxylation sites is 3. The Hall–Kier alpha value is -2.24. The fourth-order valence-corrected chi connectivity index (χ4v) is 3.41. The standard InChI is InChI=1S/C21H26ClN3O2/c1-2-15-27-20-10-6-4-8-18(20)23-21(26)16-24-11-13-25(14-12-24)19-9-5-3-7-17(19)22/h3-10H,2,11-16H2,1H3,(H,23,26). The first kappa shape index (κ1) is 19.5. The van der Waals surface area contributed by atoms with E-state index in [0.717, 1.165) is 54.7 Å². The monoisotopic (exact) mass is 387 g/mol. The molecule has 0 saturated carbocycles. The van der Waals surface area contributed by atoms with Crippen LogP contribution in [0.4, 0.5) is 11.4 Å². The van der Waals surface area contributed by atoms with Gasteiger partial charge in [-0.3, -0.25) is 9.69 Å². The van der Waals surface area contributed by atoms with Gasteiger partial charge in [0.2, 0.25) is 5.91 Å². The number of piperazine rings is 1. The van der Waals surface area contributed by atoms with Gasteiger partial charge in [0, 0.05) is 26.2 Å². The van der Waals surface area contributed by atoms with Gasteiger partial charge in [0.25, 0.3) is 0 Å². The van der Waals surface area contributed by atoms with E-state index >= 15 is 0 Å². The van der Waals surface area contributed by atoms with Gasteiger partial charge in [0.05, 0.1) is 29.5 Å². The predicted molar refractivity (Wildman–Crippen MR) is 111 cm³/mol. The second-order valence-electron chi connectivity index (χ2n) is 6.61. The smallest absolute Gasteiger partial charge is 0.238 e. The molecule has 3 rings (SSSR count). The van der Waals surface area contributed by atoms with Gasteiger partial charge >= 0.3 is 0 Å². The number of ether oxygens (including phenoxy) is 1. The number of halogens is 1. The molecule has 1 aliphatic heterocycles. The third-order valence-electron chi connectivity index (χ3n) is 4.56. The maximum absolute atomic E-state index is 12.5. The summed E-state index contributed by atoms with van der Waals surface area (Å²) in [5.41, 5.74) is 1.79. The number of hydrogen-bond donors (Lipinski definition) is 1. The lowest BCUT2D eigenvalue weighted by atomic mass is 10.2. The van der Waals surface area contributed by atoms with Crippen molar-refractivity contribution in [3.8, 4) is 5.75 Å². The Labute approximate surface area is 165 Å². The summed E-state index contributed by atoms with van der Waals surface area (Å²) >= 11 is 6.29. The van der Waals surface area contributed by atoms with E-state index in [0.29, 0.717) is 13.2 Å².